The van der Waals surface area contributed by atoms with Crippen molar-refractivity contribution in [2.45, 2.75) is 31.7 Å². The van der Waals surface area contributed by atoms with E-state index in [9.17, 15) is 10.1 Å². The monoisotopic (exact) mass is 298 g/mol. The molecule has 5 nitrogen and oxygen atoms in total. The van der Waals surface area contributed by atoms with Crippen LogP contribution < -0.4 is 4.90 Å². The van der Waals surface area contributed by atoms with Crippen LogP contribution in [0.25, 0.3) is 0 Å². The van der Waals surface area contributed by atoms with Crippen LogP contribution in [-0.2, 0) is 10.6 Å². The fourth-order valence-electron chi connectivity index (χ4n) is 2.50. The van der Waals surface area contributed by atoms with Crippen LogP contribution in [0, 0.1) is 10.1 Å². The summed E-state index contributed by atoms with van der Waals surface area (Å²) in [6.07, 6.45) is 2.44. The number of hydrogen-bond donors (Lipinski definition) is 0. The van der Waals surface area contributed by atoms with E-state index >= 15 is 0 Å². The normalized spacial score (nSPS) is 18.2. The zero-order valence-corrected chi connectivity index (χ0v) is 12.3. The van der Waals surface area contributed by atoms with E-state index in [0.29, 0.717) is 5.56 Å². The summed E-state index contributed by atoms with van der Waals surface area (Å²) < 4.78 is 5.65. The van der Waals surface area contributed by atoms with Gasteiger partial charge in [0.2, 0.25) is 0 Å². The minimum atomic E-state index is -0.391. The molecule has 6 heteroatoms. The molecule has 0 amide bonds. The number of likely N-dealkylation sites (N-methyl/N-ethyl adjacent to an activating group) is 1. The number of nitrogens with zero attached hydrogens (tertiary/aromatic N) is 2. The van der Waals surface area contributed by atoms with Crippen molar-refractivity contribution in [2.24, 2.45) is 0 Å². The van der Waals surface area contributed by atoms with Gasteiger partial charge >= 0.3 is 0 Å². The number of nitro benzene ring substituents is 1. The molecule has 1 fully saturated rings. The quantitative estimate of drug-likeness (QED) is 0.459. The number of anilines is 1. The Morgan fingerprint density at radius 2 is 2.35 bits per heavy atom. The van der Waals surface area contributed by atoms with Crippen LogP contribution in [0.15, 0.2) is 18.2 Å². The highest BCUT2D eigenvalue weighted by Crippen LogP contribution is 2.27. The molecule has 1 atom stereocenters. The van der Waals surface area contributed by atoms with Crippen molar-refractivity contribution in [2.75, 3.05) is 24.6 Å². The summed E-state index contributed by atoms with van der Waals surface area (Å²) in [4.78, 5) is 12.7. The topological polar surface area (TPSA) is 55.6 Å². The molecule has 0 spiro atoms. The molecule has 110 valence electrons. The summed E-state index contributed by atoms with van der Waals surface area (Å²) in [7, 11) is 0. The Balaban J connectivity index is 2.18. The molecule has 1 aliphatic rings. The lowest BCUT2D eigenvalue weighted by Gasteiger charge is -2.26. The molecule has 0 saturated carbocycles. The molecule has 0 N–H and O–H groups in total. The van der Waals surface area contributed by atoms with E-state index in [1.165, 1.54) is 6.07 Å². The maximum atomic E-state index is 10.9. The summed E-state index contributed by atoms with van der Waals surface area (Å²) in [6, 6.07) is 5.13. The summed E-state index contributed by atoms with van der Waals surface area (Å²) in [5.41, 5.74) is 1.60. The third-order valence-electron chi connectivity index (χ3n) is 3.60. The third kappa shape index (κ3) is 3.41. The van der Waals surface area contributed by atoms with Crippen molar-refractivity contribution >= 4 is 23.0 Å². The smallest absolute Gasteiger partial charge is 0.273 e. The lowest BCUT2D eigenvalue weighted by Crippen LogP contribution is -2.32. The lowest BCUT2D eigenvalue weighted by molar-refractivity contribution is -0.385. The first-order chi connectivity index (χ1) is 9.65. The number of alkyl halides is 1. The van der Waals surface area contributed by atoms with Crippen LogP contribution in [0.4, 0.5) is 11.4 Å². The van der Waals surface area contributed by atoms with Crippen LogP contribution in [0.5, 0.6) is 0 Å². The number of halogens is 1. The van der Waals surface area contributed by atoms with Crippen molar-refractivity contribution in [3.05, 3.63) is 33.9 Å². The van der Waals surface area contributed by atoms with Crippen LogP contribution in [0.2, 0.25) is 0 Å². The Labute approximate surface area is 123 Å². The molecule has 1 saturated heterocycles. The van der Waals surface area contributed by atoms with Crippen LogP contribution in [0.1, 0.15) is 25.3 Å². The van der Waals surface area contributed by atoms with Crippen molar-refractivity contribution in [1.29, 1.82) is 0 Å². The van der Waals surface area contributed by atoms with Gasteiger partial charge in [-0.1, -0.05) is 0 Å². The van der Waals surface area contributed by atoms with E-state index in [0.717, 1.165) is 38.2 Å². The largest absolute Gasteiger partial charge is 0.376 e. The number of benzene rings is 1. The molecule has 20 heavy (non-hydrogen) atoms. The molecule has 1 aromatic carbocycles. The summed E-state index contributed by atoms with van der Waals surface area (Å²) in [6.45, 7) is 4.54. The molecule has 0 aromatic heterocycles. The minimum Gasteiger partial charge on any atom is -0.376 e. The first-order valence-corrected chi connectivity index (χ1v) is 7.39. The molecule has 1 heterocycles. The van der Waals surface area contributed by atoms with Gasteiger partial charge in [-0.15, -0.1) is 11.6 Å². The van der Waals surface area contributed by atoms with E-state index in [2.05, 4.69) is 11.8 Å². The molecule has 0 radical (unpaired) electrons. The molecule has 2 rings (SSSR count). The summed E-state index contributed by atoms with van der Waals surface area (Å²) in [5.74, 6) is 0.141. The summed E-state index contributed by atoms with van der Waals surface area (Å²) in [5, 5.41) is 10.9. The van der Waals surface area contributed by atoms with Crippen LogP contribution in [-0.4, -0.2) is 30.7 Å². The van der Waals surface area contributed by atoms with Gasteiger partial charge in [0.15, 0.2) is 0 Å². The minimum absolute atomic E-state index is 0.0805. The fraction of sp³-hybridized carbons (Fsp3) is 0.571. The highest BCUT2D eigenvalue weighted by molar-refractivity contribution is 6.17. The van der Waals surface area contributed by atoms with Crippen molar-refractivity contribution < 1.29 is 9.66 Å². The molecular formula is C14H19ClN2O3. The fourth-order valence-corrected chi connectivity index (χ4v) is 2.72. The summed E-state index contributed by atoms with van der Waals surface area (Å²) >= 11 is 5.82. The molecule has 1 aliphatic heterocycles. The second-order valence-corrected chi connectivity index (χ2v) is 5.14. The maximum absolute atomic E-state index is 10.9. The predicted molar refractivity (Wildman–Crippen MR) is 79.5 cm³/mol. The van der Waals surface area contributed by atoms with Gasteiger partial charge in [-0.05, 0) is 31.9 Å². The standard InChI is InChI=1S/C14H19ClN2O3/c1-2-16(10-13-4-3-7-20-13)12-5-6-14(17(18)19)11(8-12)9-15/h5-6,8,13H,2-4,7,9-10H2,1H3. The first kappa shape index (κ1) is 15.1. The Kier molecular flexibility index (Phi) is 5.20. The predicted octanol–water partition coefficient (Wildman–Crippen LogP) is 3.34. The van der Waals surface area contributed by atoms with Gasteiger partial charge in [0.25, 0.3) is 5.69 Å². The zero-order valence-electron chi connectivity index (χ0n) is 11.5. The number of hydrogen-bond acceptors (Lipinski definition) is 4. The van der Waals surface area contributed by atoms with Gasteiger partial charge in [0, 0.05) is 37.0 Å². The van der Waals surface area contributed by atoms with Gasteiger partial charge in [-0.25, -0.2) is 0 Å². The first-order valence-electron chi connectivity index (χ1n) is 6.85. The van der Waals surface area contributed by atoms with Crippen LogP contribution >= 0.6 is 11.6 Å². The molecular weight excluding hydrogens is 280 g/mol. The lowest BCUT2D eigenvalue weighted by atomic mass is 10.1. The van der Waals surface area contributed by atoms with Crippen molar-refractivity contribution in [3.8, 4) is 0 Å². The average molecular weight is 299 g/mol. The van der Waals surface area contributed by atoms with E-state index < -0.39 is 4.92 Å². The second kappa shape index (κ2) is 6.90. The third-order valence-corrected chi connectivity index (χ3v) is 3.89. The number of rotatable bonds is 6. The number of ether oxygens (including phenoxy) is 1. The zero-order chi connectivity index (χ0) is 14.5. The second-order valence-electron chi connectivity index (χ2n) is 4.88. The Morgan fingerprint density at radius 3 is 2.90 bits per heavy atom. The van der Waals surface area contributed by atoms with E-state index in [4.69, 9.17) is 16.3 Å². The Morgan fingerprint density at radius 1 is 1.55 bits per heavy atom. The maximum Gasteiger partial charge on any atom is 0.273 e. The van der Waals surface area contributed by atoms with E-state index in [1.807, 2.05) is 6.07 Å². The van der Waals surface area contributed by atoms with Gasteiger partial charge in [0.1, 0.15) is 0 Å². The Hall–Kier alpha value is -1.33. The van der Waals surface area contributed by atoms with Crippen molar-refractivity contribution in [1.82, 2.24) is 0 Å². The SMILES string of the molecule is CCN(CC1CCCO1)c1ccc([N+](=O)[O-])c(CCl)c1. The number of nitro groups is 1. The molecule has 1 unspecified atom stereocenters. The van der Waals surface area contributed by atoms with Gasteiger partial charge in [-0.3, -0.25) is 10.1 Å². The average Bonchev–Trinajstić information content (AvgIpc) is 2.96. The molecule has 0 aliphatic carbocycles. The highest BCUT2D eigenvalue weighted by atomic mass is 35.5. The highest BCUT2D eigenvalue weighted by Gasteiger charge is 2.20. The molecule has 0 bridgehead atoms. The van der Waals surface area contributed by atoms with Gasteiger partial charge in [-0.2, -0.15) is 0 Å². The Bertz CT molecular complexity index is 475. The van der Waals surface area contributed by atoms with Crippen molar-refractivity contribution in [3.63, 3.8) is 0 Å². The van der Waals surface area contributed by atoms with E-state index in [1.54, 1.807) is 6.07 Å². The van der Waals surface area contributed by atoms with E-state index in [-0.39, 0.29) is 17.7 Å². The van der Waals surface area contributed by atoms with Gasteiger partial charge in [0.05, 0.1) is 16.9 Å². The van der Waals surface area contributed by atoms with Crippen LogP contribution in [0.3, 0.4) is 0 Å². The molecule has 1 aromatic rings. The van der Waals surface area contributed by atoms with Gasteiger partial charge < -0.3 is 9.64 Å².